The number of ether oxygens (including phenoxy) is 1. The third-order valence-electron chi connectivity index (χ3n) is 2.97. The normalized spacial score (nSPS) is 12.2. The molecule has 0 fully saturated rings. The maximum atomic E-state index is 12.9. The molecular weight excluding hydrogens is 281 g/mol. The Kier molecular flexibility index (Phi) is 4.89. The Bertz CT molecular complexity index is 577. The second-order valence-electron chi connectivity index (χ2n) is 4.28. The molecule has 0 saturated carbocycles. The summed E-state index contributed by atoms with van der Waals surface area (Å²) >= 11 is 5.99. The molecule has 106 valence electrons. The molecule has 1 atom stereocenters. The van der Waals surface area contributed by atoms with Gasteiger partial charge in [0.25, 0.3) is 0 Å². The molecule has 0 bridgehead atoms. The first kappa shape index (κ1) is 14.7. The van der Waals surface area contributed by atoms with Crippen molar-refractivity contribution in [1.82, 2.24) is 10.4 Å². The topological polar surface area (TPSA) is 60.2 Å². The molecule has 3 N–H and O–H groups in total. The number of rotatable bonds is 5. The minimum Gasteiger partial charge on any atom is -0.496 e. The minimum atomic E-state index is -0.384. The Morgan fingerprint density at radius 3 is 2.80 bits per heavy atom. The highest BCUT2D eigenvalue weighted by Crippen LogP contribution is 2.27. The van der Waals surface area contributed by atoms with Gasteiger partial charge in [-0.2, -0.15) is 0 Å². The lowest BCUT2D eigenvalue weighted by Crippen LogP contribution is -2.30. The fourth-order valence-corrected chi connectivity index (χ4v) is 2.16. The second kappa shape index (κ2) is 6.65. The first-order valence-corrected chi connectivity index (χ1v) is 6.42. The Morgan fingerprint density at radius 1 is 1.40 bits per heavy atom. The van der Waals surface area contributed by atoms with Crippen LogP contribution in [0, 0.1) is 5.82 Å². The number of benzene rings is 1. The molecule has 0 radical (unpaired) electrons. The molecule has 6 heteroatoms. The van der Waals surface area contributed by atoms with Crippen molar-refractivity contribution in [2.45, 2.75) is 12.5 Å². The minimum absolute atomic E-state index is 0.261. The van der Waals surface area contributed by atoms with E-state index >= 15 is 0 Å². The summed E-state index contributed by atoms with van der Waals surface area (Å²) in [4.78, 5) is 4.03. The van der Waals surface area contributed by atoms with E-state index in [4.69, 9.17) is 22.2 Å². The van der Waals surface area contributed by atoms with Crippen LogP contribution in [0.4, 0.5) is 4.39 Å². The molecule has 0 aliphatic carbocycles. The summed E-state index contributed by atoms with van der Waals surface area (Å²) in [6, 6.07) is 8.05. The fourth-order valence-electron chi connectivity index (χ4n) is 1.97. The van der Waals surface area contributed by atoms with Crippen LogP contribution in [0.3, 0.4) is 0 Å². The second-order valence-corrected chi connectivity index (χ2v) is 4.72. The first-order chi connectivity index (χ1) is 9.63. The van der Waals surface area contributed by atoms with Crippen LogP contribution in [0.25, 0.3) is 0 Å². The van der Waals surface area contributed by atoms with Crippen molar-refractivity contribution in [3.63, 3.8) is 0 Å². The summed E-state index contributed by atoms with van der Waals surface area (Å²) in [5.41, 5.74) is 4.22. The molecule has 0 saturated heterocycles. The van der Waals surface area contributed by atoms with Gasteiger partial charge in [-0.1, -0.05) is 11.6 Å². The summed E-state index contributed by atoms with van der Waals surface area (Å²) in [5.74, 6) is 5.90. The van der Waals surface area contributed by atoms with Crippen LogP contribution in [0.2, 0.25) is 5.02 Å². The number of halogens is 2. The number of hydrogen-bond acceptors (Lipinski definition) is 4. The van der Waals surface area contributed by atoms with Gasteiger partial charge >= 0.3 is 0 Å². The number of hydrazine groups is 1. The van der Waals surface area contributed by atoms with Gasteiger partial charge in [0.15, 0.2) is 0 Å². The van der Waals surface area contributed by atoms with E-state index in [0.717, 1.165) is 17.5 Å². The van der Waals surface area contributed by atoms with Crippen molar-refractivity contribution < 1.29 is 9.13 Å². The predicted molar refractivity (Wildman–Crippen MR) is 76.0 cm³/mol. The van der Waals surface area contributed by atoms with Crippen molar-refractivity contribution in [2.75, 3.05) is 7.11 Å². The molecule has 1 unspecified atom stereocenters. The molecule has 2 aromatic rings. The van der Waals surface area contributed by atoms with Crippen molar-refractivity contribution in [3.8, 4) is 5.75 Å². The van der Waals surface area contributed by atoms with Gasteiger partial charge < -0.3 is 4.74 Å². The number of nitrogens with two attached hydrogens (primary N) is 1. The fraction of sp³-hybridized carbons (Fsp3) is 0.214. The van der Waals surface area contributed by atoms with E-state index in [1.54, 1.807) is 25.3 Å². The summed E-state index contributed by atoms with van der Waals surface area (Å²) in [6.07, 6.45) is 1.69. The number of hydrogen-bond donors (Lipinski definition) is 2. The van der Waals surface area contributed by atoms with Crippen LogP contribution >= 0.6 is 11.6 Å². The van der Waals surface area contributed by atoms with Gasteiger partial charge in [-0.3, -0.25) is 16.3 Å². The molecule has 0 aliphatic rings. The Labute approximate surface area is 121 Å². The van der Waals surface area contributed by atoms with Crippen LogP contribution in [-0.4, -0.2) is 12.1 Å². The lowest BCUT2D eigenvalue weighted by molar-refractivity contribution is 0.405. The molecule has 2 rings (SSSR count). The highest BCUT2D eigenvalue weighted by atomic mass is 35.5. The maximum absolute atomic E-state index is 12.9. The lowest BCUT2D eigenvalue weighted by Gasteiger charge is -2.17. The summed E-state index contributed by atoms with van der Waals surface area (Å²) in [7, 11) is 1.59. The van der Waals surface area contributed by atoms with Gasteiger partial charge in [0.1, 0.15) is 11.6 Å². The summed E-state index contributed by atoms with van der Waals surface area (Å²) < 4.78 is 18.2. The molecule has 0 spiro atoms. The number of pyridine rings is 1. The van der Waals surface area contributed by atoms with E-state index in [1.807, 2.05) is 6.07 Å². The SMILES string of the molecule is COc1ccc(Cl)cc1CC(NN)c1ccc(F)cn1. The maximum Gasteiger partial charge on any atom is 0.141 e. The largest absolute Gasteiger partial charge is 0.496 e. The smallest absolute Gasteiger partial charge is 0.141 e. The van der Waals surface area contributed by atoms with Crippen LogP contribution < -0.4 is 16.0 Å². The number of nitrogens with one attached hydrogen (secondary N) is 1. The van der Waals surface area contributed by atoms with Gasteiger partial charge in [0.05, 0.1) is 25.0 Å². The lowest BCUT2D eigenvalue weighted by atomic mass is 10.0. The molecule has 0 aliphatic heterocycles. The third kappa shape index (κ3) is 3.45. The molecule has 1 aromatic carbocycles. The highest BCUT2D eigenvalue weighted by molar-refractivity contribution is 6.30. The van der Waals surface area contributed by atoms with Gasteiger partial charge in [0, 0.05) is 5.02 Å². The molecule has 0 amide bonds. The van der Waals surface area contributed by atoms with Crippen molar-refractivity contribution in [1.29, 1.82) is 0 Å². The van der Waals surface area contributed by atoms with Crippen molar-refractivity contribution in [3.05, 3.63) is 58.6 Å². The van der Waals surface area contributed by atoms with Crippen molar-refractivity contribution in [2.24, 2.45) is 5.84 Å². The number of methoxy groups -OCH3 is 1. The molecule has 20 heavy (non-hydrogen) atoms. The average Bonchev–Trinajstić information content (AvgIpc) is 2.46. The number of aromatic nitrogens is 1. The zero-order valence-electron chi connectivity index (χ0n) is 10.9. The molecular formula is C14H15ClFN3O. The first-order valence-electron chi connectivity index (χ1n) is 6.04. The van der Waals surface area contributed by atoms with Crippen molar-refractivity contribution >= 4 is 11.6 Å². The Hall–Kier alpha value is -1.69. The standard InChI is InChI=1S/C14H15ClFN3O/c1-20-14-5-2-10(15)6-9(14)7-13(19-17)12-4-3-11(16)8-18-12/h2-6,8,13,19H,7,17H2,1H3. The van der Waals surface area contributed by atoms with E-state index in [-0.39, 0.29) is 11.9 Å². The van der Waals surface area contributed by atoms with E-state index in [9.17, 15) is 4.39 Å². The molecule has 1 heterocycles. The Morgan fingerprint density at radius 2 is 2.20 bits per heavy atom. The zero-order chi connectivity index (χ0) is 14.5. The van der Waals surface area contributed by atoms with E-state index in [0.29, 0.717) is 17.1 Å². The summed E-state index contributed by atoms with van der Waals surface area (Å²) in [6.45, 7) is 0. The zero-order valence-corrected chi connectivity index (χ0v) is 11.7. The molecule has 4 nitrogen and oxygen atoms in total. The van der Waals surface area contributed by atoms with Crippen LogP contribution in [0.1, 0.15) is 17.3 Å². The quantitative estimate of drug-likeness (QED) is 0.657. The van der Waals surface area contributed by atoms with Crippen LogP contribution in [0.5, 0.6) is 5.75 Å². The van der Waals surface area contributed by atoms with Gasteiger partial charge in [-0.25, -0.2) is 4.39 Å². The monoisotopic (exact) mass is 295 g/mol. The number of nitrogens with zero attached hydrogens (tertiary/aromatic N) is 1. The van der Waals surface area contributed by atoms with Crippen LogP contribution in [0.15, 0.2) is 36.5 Å². The molecule has 1 aromatic heterocycles. The average molecular weight is 296 g/mol. The van der Waals surface area contributed by atoms with Gasteiger partial charge in [-0.05, 0) is 42.3 Å². The Balaban J connectivity index is 2.26. The highest BCUT2D eigenvalue weighted by Gasteiger charge is 2.15. The van der Waals surface area contributed by atoms with Crippen LogP contribution in [-0.2, 0) is 6.42 Å². The van der Waals surface area contributed by atoms with E-state index < -0.39 is 0 Å². The van der Waals surface area contributed by atoms with Gasteiger partial charge in [0.2, 0.25) is 0 Å². The van der Waals surface area contributed by atoms with E-state index in [2.05, 4.69) is 10.4 Å². The predicted octanol–water partition coefficient (Wildman–Crippen LogP) is 2.63. The van der Waals surface area contributed by atoms with E-state index in [1.165, 1.54) is 6.07 Å². The third-order valence-corrected chi connectivity index (χ3v) is 3.21. The summed E-state index contributed by atoms with van der Waals surface area (Å²) in [5, 5.41) is 0.614. The van der Waals surface area contributed by atoms with Gasteiger partial charge in [-0.15, -0.1) is 0 Å².